The van der Waals surface area contributed by atoms with Crippen LogP contribution in [0.25, 0.3) is 0 Å². The molecule has 15 atom stereocenters. The van der Waals surface area contributed by atoms with E-state index in [1.165, 1.54) is 0 Å². The third kappa shape index (κ3) is 4.99. The zero-order valence-corrected chi connectivity index (χ0v) is 24.5. The zero-order chi connectivity index (χ0) is 28.5. The summed E-state index contributed by atoms with van der Waals surface area (Å²) in [7, 11) is -4.87. The van der Waals surface area contributed by atoms with Crippen molar-refractivity contribution >= 4 is 10.4 Å². The summed E-state index contributed by atoms with van der Waals surface area (Å²) in [4.78, 5) is 0. The van der Waals surface area contributed by atoms with Crippen molar-refractivity contribution in [1.29, 1.82) is 0 Å². The van der Waals surface area contributed by atoms with Crippen LogP contribution < -0.4 is 0 Å². The Labute approximate surface area is 227 Å². The summed E-state index contributed by atoms with van der Waals surface area (Å²) in [6.07, 6.45) is -3.19. The quantitative estimate of drug-likeness (QED) is 0.256. The second-order valence-electron chi connectivity index (χ2n) is 14.2. The van der Waals surface area contributed by atoms with Crippen LogP contribution in [0.2, 0.25) is 0 Å². The van der Waals surface area contributed by atoms with Crippen molar-refractivity contribution < 1.29 is 42.7 Å². The summed E-state index contributed by atoms with van der Waals surface area (Å²) in [5.74, 6) is 0.0750. The molecule has 0 aromatic carbocycles. The number of hydrogen-bond acceptors (Lipinski definition) is 8. The van der Waals surface area contributed by atoms with E-state index in [1.54, 1.807) is 0 Å². The molecule has 222 valence electrons. The van der Waals surface area contributed by atoms with Gasteiger partial charge in [-0.15, -0.1) is 0 Å². The van der Waals surface area contributed by atoms with Crippen molar-refractivity contribution in [3.8, 4) is 0 Å². The van der Waals surface area contributed by atoms with Gasteiger partial charge in [-0.25, -0.2) is 4.18 Å². The Morgan fingerprint density at radius 3 is 2.03 bits per heavy atom. The standard InChI is InChI=1S/C28H50O9S/c1-13(2)14(3)11-19(29)15(4)16-7-8-17-21-18(9-10-27(16,17)5)28(6)12-20(37-38(34,35)36)23(30)25(32)22(28)26(33)24(21)31/h13-26,29-33H,7-12H2,1-6H3,(H,34,35,36)/t14?,15-,16+,17+,18-,19?,20-,21-,22+,23+,24+,25-,26+,27+,28+/m0/s1. The van der Waals surface area contributed by atoms with E-state index in [-0.39, 0.29) is 41.4 Å². The maximum Gasteiger partial charge on any atom is 0.397 e. The summed E-state index contributed by atoms with van der Waals surface area (Å²) in [5.41, 5.74) is -0.960. The molecular formula is C28H50O9S. The first kappa shape index (κ1) is 30.6. The summed E-state index contributed by atoms with van der Waals surface area (Å²) < 4.78 is 37.1. The Bertz CT molecular complexity index is 958. The van der Waals surface area contributed by atoms with Gasteiger partial charge < -0.3 is 25.5 Å². The van der Waals surface area contributed by atoms with Gasteiger partial charge in [0.05, 0.1) is 24.4 Å². The molecule has 0 amide bonds. The smallest absolute Gasteiger partial charge is 0.393 e. The molecule has 4 aliphatic rings. The molecule has 4 rings (SSSR count). The van der Waals surface area contributed by atoms with Crippen LogP contribution in [0, 0.1) is 58.2 Å². The van der Waals surface area contributed by atoms with Gasteiger partial charge in [-0.2, -0.15) is 8.42 Å². The Balaban J connectivity index is 1.62. The van der Waals surface area contributed by atoms with Gasteiger partial charge in [-0.1, -0.05) is 41.5 Å². The minimum absolute atomic E-state index is 0.0235. The van der Waals surface area contributed by atoms with E-state index in [4.69, 9.17) is 4.18 Å². The minimum Gasteiger partial charge on any atom is -0.393 e. The molecule has 0 aromatic heterocycles. The molecule has 2 unspecified atom stereocenters. The normalized spacial score (nSPS) is 49.6. The first-order valence-corrected chi connectivity index (χ1v) is 15.9. The molecule has 0 bridgehead atoms. The molecule has 0 heterocycles. The average molecular weight is 563 g/mol. The van der Waals surface area contributed by atoms with Crippen LogP contribution in [-0.4, -0.2) is 75.1 Å². The highest BCUT2D eigenvalue weighted by molar-refractivity contribution is 7.80. The van der Waals surface area contributed by atoms with E-state index >= 15 is 0 Å². The first-order valence-electron chi connectivity index (χ1n) is 14.5. The highest BCUT2D eigenvalue weighted by Gasteiger charge is 2.68. The SMILES string of the molecule is CC(C)C(C)CC(O)[C@@H](C)[C@H]1CC[C@@H]2[C@@H]3[C@@H](O)[C@H](O)[C@H]4[C@H](O)[C@H](O)[C@@H](OS(=O)(=O)O)C[C@]4(C)[C@H]3CC[C@@]21C. The van der Waals surface area contributed by atoms with E-state index in [1.807, 2.05) is 6.92 Å². The van der Waals surface area contributed by atoms with Crippen LogP contribution >= 0.6 is 0 Å². The first-order chi connectivity index (χ1) is 17.4. The lowest BCUT2D eigenvalue weighted by atomic mass is 9.42. The van der Waals surface area contributed by atoms with E-state index in [0.29, 0.717) is 18.3 Å². The Morgan fingerprint density at radius 2 is 1.45 bits per heavy atom. The van der Waals surface area contributed by atoms with E-state index in [0.717, 1.165) is 25.7 Å². The van der Waals surface area contributed by atoms with Crippen LogP contribution in [0.5, 0.6) is 0 Å². The van der Waals surface area contributed by atoms with Crippen molar-refractivity contribution in [2.75, 3.05) is 0 Å². The van der Waals surface area contributed by atoms with Gasteiger partial charge in [-0.05, 0) is 90.8 Å². The number of fused-ring (bicyclic) bond motifs is 5. The number of rotatable bonds is 7. The summed E-state index contributed by atoms with van der Waals surface area (Å²) in [6.45, 7) is 12.8. The Hall–Kier alpha value is -0.330. The highest BCUT2D eigenvalue weighted by atomic mass is 32.3. The molecule has 6 N–H and O–H groups in total. The minimum atomic E-state index is -4.87. The van der Waals surface area contributed by atoms with Crippen LogP contribution in [0.1, 0.15) is 80.1 Å². The van der Waals surface area contributed by atoms with E-state index in [9.17, 15) is 38.5 Å². The second kappa shape index (κ2) is 10.5. The number of hydrogen-bond donors (Lipinski definition) is 6. The van der Waals surface area contributed by atoms with Crippen LogP contribution in [-0.2, 0) is 14.6 Å². The fraction of sp³-hybridized carbons (Fsp3) is 1.00. The fourth-order valence-electron chi connectivity index (χ4n) is 9.67. The van der Waals surface area contributed by atoms with E-state index in [2.05, 4.69) is 34.6 Å². The molecule has 0 spiro atoms. The second-order valence-corrected chi connectivity index (χ2v) is 15.2. The largest absolute Gasteiger partial charge is 0.397 e. The van der Waals surface area contributed by atoms with Gasteiger partial charge in [0, 0.05) is 5.92 Å². The lowest BCUT2D eigenvalue weighted by molar-refractivity contribution is -0.266. The van der Waals surface area contributed by atoms with Crippen LogP contribution in [0.15, 0.2) is 0 Å². The summed E-state index contributed by atoms with van der Waals surface area (Å²) in [6, 6.07) is 0. The monoisotopic (exact) mass is 562 g/mol. The third-order valence-corrected chi connectivity index (χ3v) is 12.6. The lowest BCUT2D eigenvalue weighted by Gasteiger charge is -2.65. The molecule has 0 aromatic rings. The van der Waals surface area contributed by atoms with Crippen molar-refractivity contribution in [2.24, 2.45) is 58.2 Å². The van der Waals surface area contributed by atoms with Crippen molar-refractivity contribution in [3.63, 3.8) is 0 Å². The van der Waals surface area contributed by atoms with Gasteiger partial charge in [0.25, 0.3) is 0 Å². The van der Waals surface area contributed by atoms with E-state index < -0.39 is 58.4 Å². The average Bonchev–Trinajstić information content (AvgIpc) is 3.15. The number of aliphatic hydroxyl groups is 5. The van der Waals surface area contributed by atoms with Gasteiger partial charge in [0.2, 0.25) is 0 Å². The van der Waals surface area contributed by atoms with Crippen LogP contribution in [0.3, 0.4) is 0 Å². The van der Waals surface area contributed by atoms with Gasteiger partial charge in [0.1, 0.15) is 12.2 Å². The number of aliphatic hydroxyl groups excluding tert-OH is 5. The fourth-order valence-corrected chi connectivity index (χ4v) is 10.2. The molecule has 0 radical (unpaired) electrons. The molecule has 38 heavy (non-hydrogen) atoms. The maximum atomic E-state index is 11.5. The predicted octanol–water partition coefficient (Wildman–Crippen LogP) is 2.40. The van der Waals surface area contributed by atoms with Crippen molar-refractivity contribution in [3.05, 3.63) is 0 Å². The molecule has 9 nitrogen and oxygen atoms in total. The van der Waals surface area contributed by atoms with Gasteiger partial charge in [0.15, 0.2) is 0 Å². The molecule has 4 fully saturated rings. The third-order valence-electron chi connectivity index (χ3n) is 12.1. The Morgan fingerprint density at radius 1 is 0.868 bits per heavy atom. The van der Waals surface area contributed by atoms with Crippen molar-refractivity contribution in [1.82, 2.24) is 0 Å². The lowest BCUT2D eigenvalue weighted by Crippen LogP contribution is -2.70. The van der Waals surface area contributed by atoms with Gasteiger partial charge in [-0.3, -0.25) is 4.55 Å². The topological polar surface area (TPSA) is 165 Å². The van der Waals surface area contributed by atoms with Gasteiger partial charge >= 0.3 is 10.4 Å². The molecule has 0 saturated heterocycles. The predicted molar refractivity (Wildman–Crippen MR) is 141 cm³/mol. The maximum absolute atomic E-state index is 11.5. The van der Waals surface area contributed by atoms with Crippen molar-refractivity contribution in [2.45, 2.75) is 117 Å². The molecular weight excluding hydrogens is 512 g/mol. The molecule has 4 aliphatic carbocycles. The Kier molecular flexibility index (Phi) is 8.46. The molecule has 4 saturated carbocycles. The zero-order valence-electron chi connectivity index (χ0n) is 23.6. The highest BCUT2D eigenvalue weighted by Crippen LogP contribution is 2.68. The molecule has 0 aliphatic heterocycles. The molecule has 10 heteroatoms. The van der Waals surface area contributed by atoms with Crippen LogP contribution in [0.4, 0.5) is 0 Å². The summed E-state index contributed by atoms with van der Waals surface area (Å²) >= 11 is 0. The summed E-state index contributed by atoms with van der Waals surface area (Å²) in [5, 5.41) is 55.6.